The van der Waals surface area contributed by atoms with E-state index in [1.165, 1.54) is 6.07 Å². The number of aromatic nitrogens is 2. The molecule has 0 atom stereocenters. The number of halogens is 1. The van der Waals surface area contributed by atoms with Gasteiger partial charge in [-0.3, -0.25) is 4.79 Å². The van der Waals surface area contributed by atoms with Crippen molar-refractivity contribution in [2.45, 2.75) is 26.4 Å². The second-order valence-electron chi connectivity index (χ2n) is 4.63. The zero-order valence-corrected chi connectivity index (χ0v) is 11.7. The summed E-state index contributed by atoms with van der Waals surface area (Å²) in [5.74, 6) is 0.560. The van der Waals surface area contributed by atoms with Gasteiger partial charge >= 0.3 is 0 Å². The number of benzene rings is 1. The van der Waals surface area contributed by atoms with Gasteiger partial charge in [-0.25, -0.2) is 4.98 Å². The highest BCUT2D eigenvalue weighted by Crippen LogP contribution is 2.17. The topological polar surface area (TPSA) is 57.8 Å². The van der Waals surface area contributed by atoms with Crippen LogP contribution >= 0.6 is 11.6 Å². The van der Waals surface area contributed by atoms with Crippen molar-refractivity contribution in [2.24, 2.45) is 0 Å². The third-order valence-corrected chi connectivity index (χ3v) is 2.86. The molecule has 1 heterocycles. The molecule has 0 aliphatic heterocycles. The van der Waals surface area contributed by atoms with Crippen LogP contribution in [0.4, 0.5) is 0 Å². The Bertz CT molecular complexity index is 605. The SMILES string of the molecule is CC(C)NCc1cc(=O)[nH]c(-c2ccc(Cl)cc2)n1. The molecule has 2 N–H and O–H groups in total. The van der Waals surface area contributed by atoms with Gasteiger partial charge in [-0.2, -0.15) is 0 Å². The fourth-order valence-corrected chi connectivity index (χ4v) is 1.78. The average molecular weight is 278 g/mol. The molecule has 1 aromatic carbocycles. The van der Waals surface area contributed by atoms with Gasteiger partial charge in [0.1, 0.15) is 5.82 Å². The Morgan fingerprint density at radius 2 is 2.00 bits per heavy atom. The Hall–Kier alpha value is -1.65. The molecule has 0 bridgehead atoms. The summed E-state index contributed by atoms with van der Waals surface area (Å²) in [6, 6.07) is 9.07. The summed E-state index contributed by atoms with van der Waals surface area (Å²) in [6.45, 7) is 4.67. The maximum absolute atomic E-state index is 11.6. The van der Waals surface area contributed by atoms with Crippen LogP contribution in [0.2, 0.25) is 5.02 Å². The summed E-state index contributed by atoms with van der Waals surface area (Å²) >= 11 is 5.84. The van der Waals surface area contributed by atoms with Crippen molar-refractivity contribution in [1.29, 1.82) is 0 Å². The number of hydrogen-bond donors (Lipinski definition) is 2. The van der Waals surface area contributed by atoms with Gasteiger partial charge in [0.15, 0.2) is 0 Å². The summed E-state index contributed by atoms with van der Waals surface area (Å²) in [5, 5.41) is 3.90. The lowest BCUT2D eigenvalue weighted by Crippen LogP contribution is -2.24. The number of hydrogen-bond acceptors (Lipinski definition) is 3. The lowest BCUT2D eigenvalue weighted by atomic mass is 10.2. The molecule has 0 unspecified atom stereocenters. The minimum absolute atomic E-state index is 0.152. The Morgan fingerprint density at radius 1 is 1.32 bits per heavy atom. The predicted octanol–water partition coefficient (Wildman–Crippen LogP) is 2.59. The Kier molecular flexibility index (Phi) is 4.35. The van der Waals surface area contributed by atoms with Gasteiger partial charge in [-0.15, -0.1) is 0 Å². The van der Waals surface area contributed by atoms with Crippen molar-refractivity contribution in [1.82, 2.24) is 15.3 Å². The van der Waals surface area contributed by atoms with E-state index in [9.17, 15) is 4.79 Å². The van der Waals surface area contributed by atoms with Crippen molar-refractivity contribution in [2.75, 3.05) is 0 Å². The summed E-state index contributed by atoms with van der Waals surface area (Å²) in [5.41, 5.74) is 1.41. The summed E-state index contributed by atoms with van der Waals surface area (Å²) in [7, 11) is 0. The molecule has 19 heavy (non-hydrogen) atoms. The minimum Gasteiger partial charge on any atom is -0.309 e. The maximum Gasteiger partial charge on any atom is 0.251 e. The molecular weight excluding hydrogens is 262 g/mol. The highest BCUT2D eigenvalue weighted by Gasteiger charge is 2.04. The molecule has 2 aromatic rings. The average Bonchev–Trinajstić information content (AvgIpc) is 2.36. The van der Waals surface area contributed by atoms with E-state index in [1.807, 2.05) is 26.0 Å². The molecule has 0 saturated carbocycles. The van der Waals surface area contributed by atoms with Crippen molar-refractivity contribution >= 4 is 11.6 Å². The van der Waals surface area contributed by atoms with E-state index < -0.39 is 0 Å². The first kappa shape index (κ1) is 13.8. The molecule has 0 radical (unpaired) electrons. The number of rotatable bonds is 4. The Morgan fingerprint density at radius 3 is 2.63 bits per heavy atom. The summed E-state index contributed by atoms with van der Waals surface area (Å²) < 4.78 is 0. The maximum atomic E-state index is 11.6. The van der Waals surface area contributed by atoms with Crippen LogP contribution in [0.5, 0.6) is 0 Å². The third-order valence-electron chi connectivity index (χ3n) is 2.60. The lowest BCUT2D eigenvalue weighted by Gasteiger charge is -2.08. The first-order valence-corrected chi connectivity index (χ1v) is 6.52. The number of aromatic amines is 1. The summed E-state index contributed by atoms with van der Waals surface area (Å²) in [4.78, 5) is 18.8. The standard InChI is InChI=1S/C14H16ClN3O/c1-9(2)16-8-12-7-13(19)18-14(17-12)10-3-5-11(15)6-4-10/h3-7,9,16H,8H2,1-2H3,(H,17,18,19). The van der Waals surface area contributed by atoms with E-state index in [4.69, 9.17) is 11.6 Å². The van der Waals surface area contributed by atoms with E-state index in [-0.39, 0.29) is 5.56 Å². The molecule has 0 spiro atoms. The molecule has 2 rings (SSSR count). The van der Waals surface area contributed by atoms with Crippen molar-refractivity contribution < 1.29 is 0 Å². The third kappa shape index (κ3) is 3.91. The molecule has 0 aliphatic rings. The molecule has 0 saturated heterocycles. The van der Waals surface area contributed by atoms with E-state index in [0.717, 1.165) is 11.3 Å². The second kappa shape index (κ2) is 5.99. The van der Waals surface area contributed by atoms with Crippen LogP contribution < -0.4 is 10.9 Å². The zero-order chi connectivity index (χ0) is 13.8. The van der Waals surface area contributed by atoms with Crippen LogP contribution in [0.25, 0.3) is 11.4 Å². The van der Waals surface area contributed by atoms with E-state index >= 15 is 0 Å². The number of H-pyrrole nitrogens is 1. The molecule has 4 nitrogen and oxygen atoms in total. The zero-order valence-electron chi connectivity index (χ0n) is 10.9. The van der Waals surface area contributed by atoms with E-state index in [0.29, 0.717) is 23.4 Å². The van der Waals surface area contributed by atoms with Crippen LogP contribution in [-0.2, 0) is 6.54 Å². The normalized spacial score (nSPS) is 10.9. The summed E-state index contributed by atoms with van der Waals surface area (Å²) in [6.07, 6.45) is 0. The fourth-order valence-electron chi connectivity index (χ4n) is 1.65. The number of nitrogens with one attached hydrogen (secondary N) is 2. The quantitative estimate of drug-likeness (QED) is 0.903. The molecular formula is C14H16ClN3O. The van der Waals surface area contributed by atoms with Crippen molar-refractivity contribution in [3.05, 3.63) is 51.4 Å². The Balaban J connectivity index is 2.30. The highest BCUT2D eigenvalue weighted by molar-refractivity contribution is 6.30. The van der Waals surface area contributed by atoms with Gasteiger partial charge in [0, 0.05) is 29.2 Å². The van der Waals surface area contributed by atoms with Crippen LogP contribution in [-0.4, -0.2) is 16.0 Å². The Labute approximate surface area is 116 Å². The lowest BCUT2D eigenvalue weighted by molar-refractivity contribution is 0.580. The first-order chi connectivity index (χ1) is 9.04. The van der Waals surface area contributed by atoms with E-state index in [1.54, 1.807) is 12.1 Å². The first-order valence-electron chi connectivity index (χ1n) is 6.14. The van der Waals surface area contributed by atoms with Gasteiger partial charge in [0.2, 0.25) is 0 Å². The van der Waals surface area contributed by atoms with Gasteiger partial charge in [0.05, 0.1) is 5.69 Å². The molecule has 100 valence electrons. The van der Waals surface area contributed by atoms with Crippen LogP contribution in [0.3, 0.4) is 0 Å². The minimum atomic E-state index is -0.152. The van der Waals surface area contributed by atoms with Crippen LogP contribution in [0, 0.1) is 0 Å². The largest absolute Gasteiger partial charge is 0.309 e. The second-order valence-corrected chi connectivity index (χ2v) is 5.06. The molecule has 0 fully saturated rings. The number of nitrogens with zero attached hydrogens (tertiary/aromatic N) is 1. The van der Waals surface area contributed by atoms with Gasteiger partial charge in [-0.1, -0.05) is 25.4 Å². The molecule has 0 aliphatic carbocycles. The molecule has 5 heteroatoms. The van der Waals surface area contributed by atoms with Crippen LogP contribution in [0.1, 0.15) is 19.5 Å². The van der Waals surface area contributed by atoms with Crippen molar-refractivity contribution in [3.8, 4) is 11.4 Å². The monoisotopic (exact) mass is 277 g/mol. The molecule has 1 aromatic heterocycles. The van der Waals surface area contributed by atoms with E-state index in [2.05, 4.69) is 15.3 Å². The smallest absolute Gasteiger partial charge is 0.251 e. The fraction of sp³-hybridized carbons (Fsp3) is 0.286. The van der Waals surface area contributed by atoms with Crippen molar-refractivity contribution in [3.63, 3.8) is 0 Å². The highest BCUT2D eigenvalue weighted by atomic mass is 35.5. The van der Waals surface area contributed by atoms with Gasteiger partial charge < -0.3 is 10.3 Å². The van der Waals surface area contributed by atoms with Crippen LogP contribution in [0.15, 0.2) is 35.1 Å². The van der Waals surface area contributed by atoms with Gasteiger partial charge in [-0.05, 0) is 24.3 Å². The predicted molar refractivity (Wildman–Crippen MR) is 77.3 cm³/mol. The van der Waals surface area contributed by atoms with Gasteiger partial charge in [0.25, 0.3) is 5.56 Å². The molecule has 0 amide bonds.